The van der Waals surface area contributed by atoms with Crippen molar-refractivity contribution in [3.05, 3.63) is 30.9 Å². The van der Waals surface area contributed by atoms with Crippen molar-refractivity contribution < 1.29 is 14.3 Å². The molecule has 8 heteroatoms. The number of methoxy groups -OCH3 is 1. The summed E-state index contributed by atoms with van der Waals surface area (Å²) in [4.78, 5) is 30.2. The highest BCUT2D eigenvalue weighted by Crippen LogP contribution is 2.33. The summed E-state index contributed by atoms with van der Waals surface area (Å²) in [5.74, 6) is 0.466. The fraction of sp³-hybridized carbons (Fsp3) is 0.412. The Balaban J connectivity index is 1.81. The van der Waals surface area contributed by atoms with E-state index in [-0.39, 0.29) is 11.8 Å². The minimum Gasteiger partial charge on any atom is -0.495 e. The van der Waals surface area contributed by atoms with E-state index in [4.69, 9.17) is 4.74 Å². The van der Waals surface area contributed by atoms with Crippen molar-refractivity contribution in [2.24, 2.45) is 0 Å². The second kappa shape index (κ2) is 7.33. The number of aromatic nitrogens is 3. The molecule has 1 atom stereocenters. The van der Waals surface area contributed by atoms with Crippen molar-refractivity contribution in [2.75, 3.05) is 23.9 Å². The first kappa shape index (κ1) is 16.9. The quantitative estimate of drug-likeness (QED) is 0.897. The lowest BCUT2D eigenvalue weighted by molar-refractivity contribution is -0.120. The lowest BCUT2D eigenvalue weighted by atomic mass is 10.1. The summed E-state index contributed by atoms with van der Waals surface area (Å²) in [5.41, 5.74) is 1.28. The van der Waals surface area contributed by atoms with Crippen LogP contribution < -0.4 is 15.0 Å². The molecule has 132 valence electrons. The van der Waals surface area contributed by atoms with Gasteiger partial charge in [-0.1, -0.05) is 0 Å². The largest absolute Gasteiger partial charge is 0.495 e. The number of carbonyl (C=O) groups excluding carboxylic acids is 2. The monoisotopic (exact) mass is 343 g/mol. The van der Waals surface area contributed by atoms with Crippen LogP contribution >= 0.6 is 0 Å². The average Bonchev–Trinajstić information content (AvgIpc) is 3.16. The fourth-order valence-corrected chi connectivity index (χ4v) is 2.82. The van der Waals surface area contributed by atoms with Crippen LogP contribution in [0.1, 0.15) is 32.2 Å². The predicted octanol–water partition coefficient (Wildman–Crippen LogP) is 2.00. The number of benzene rings is 1. The maximum Gasteiger partial charge on any atom is 0.249 e. The van der Waals surface area contributed by atoms with Crippen LogP contribution in [0.25, 0.3) is 0 Å². The van der Waals surface area contributed by atoms with Gasteiger partial charge in [0.2, 0.25) is 11.8 Å². The molecule has 0 spiro atoms. The summed E-state index contributed by atoms with van der Waals surface area (Å²) >= 11 is 0. The molecular formula is C17H21N5O3. The van der Waals surface area contributed by atoms with Crippen LogP contribution in [0.4, 0.5) is 11.4 Å². The molecule has 1 aliphatic heterocycles. The number of rotatable bonds is 5. The predicted molar refractivity (Wildman–Crippen MR) is 92.6 cm³/mol. The number of piperidine rings is 1. The molecule has 2 heterocycles. The van der Waals surface area contributed by atoms with Crippen LogP contribution in [0.5, 0.6) is 5.75 Å². The average molecular weight is 343 g/mol. The Kier molecular flexibility index (Phi) is 4.97. The van der Waals surface area contributed by atoms with Gasteiger partial charge in [0.05, 0.1) is 12.8 Å². The van der Waals surface area contributed by atoms with Crippen molar-refractivity contribution in [2.45, 2.75) is 32.2 Å². The maximum atomic E-state index is 12.4. The molecule has 2 amide bonds. The standard InChI is InChI=1S/C17H21N5O3/c1-12(22-11-18-10-19-22)17(24)20-13-6-7-15(25-2)14(9-13)21-8-4-3-5-16(21)23/h6-7,9-12H,3-5,8H2,1-2H3,(H,20,24). The highest BCUT2D eigenvalue weighted by Gasteiger charge is 2.23. The Labute approximate surface area is 145 Å². The number of hydrogen-bond acceptors (Lipinski definition) is 5. The molecular weight excluding hydrogens is 322 g/mol. The molecule has 1 aromatic carbocycles. The summed E-state index contributed by atoms with van der Waals surface area (Å²) in [6.45, 7) is 2.39. The molecule has 1 N–H and O–H groups in total. The van der Waals surface area contributed by atoms with E-state index in [0.717, 1.165) is 12.8 Å². The van der Waals surface area contributed by atoms with E-state index in [0.29, 0.717) is 30.1 Å². The van der Waals surface area contributed by atoms with Gasteiger partial charge in [0.1, 0.15) is 24.4 Å². The number of carbonyl (C=O) groups is 2. The van der Waals surface area contributed by atoms with E-state index in [2.05, 4.69) is 15.4 Å². The van der Waals surface area contributed by atoms with Gasteiger partial charge in [-0.05, 0) is 38.0 Å². The first-order valence-corrected chi connectivity index (χ1v) is 8.23. The third-order valence-electron chi connectivity index (χ3n) is 4.27. The van der Waals surface area contributed by atoms with E-state index < -0.39 is 6.04 Å². The van der Waals surface area contributed by atoms with E-state index >= 15 is 0 Å². The molecule has 3 rings (SSSR count). The summed E-state index contributed by atoms with van der Waals surface area (Å²) < 4.78 is 6.86. The van der Waals surface area contributed by atoms with Gasteiger partial charge in [0.25, 0.3) is 0 Å². The molecule has 0 saturated carbocycles. The molecule has 1 fully saturated rings. The van der Waals surface area contributed by atoms with Gasteiger partial charge in [0.15, 0.2) is 0 Å². The molecule has 1 saturated heterocycles. The summed E-state index contributed by atoms with van der Waals surface area (Å²) in [6.07, 6.45) is 5.27. The smallest absolute Gasteiger partial charge is 0.249 e. The number of nitrogens with one attached hydrogen (secondary N) is 1. The molecule has 0 bridgehead atoms. The highest BCUT2D eigenvalue weighted by molar-refractivity contribution is 5.98. The minimum atomic E-state index is -0.496. The van der Waals surface area contributed by atoms with E-state index in [1.165, 1.54) is 17.3 Å². The first-order chi connectivity index (χ1) is 12.1. The summed E-state index contributed by atoms with van der Waals surface area (Å²) in [7, 11) is 1.57. The SMILES string of the molecule is COc1ccc(NC(=O)C(C)n2cncn2)cc1N1CCCCC1=O. The maximum absolute atomic E-state index is 12.4. The van der Waals surface area contributed by atoms with Crippen LogP contribution in [0.15, 0.2) is 30.9 Å². The summed E-state index contributed by atoms with van der Waals surface area (Å²) in [5, 5.41) is 6.83. The van der Waals surface area contributed by atoms with Gasteiger partial charge >= 0.3 is 0 Å². The van der Waals surface area contributed by atoms with Crippen LogP contribution in [0, 0.1) is 0 Å². The number of amides is 2. The van der Waals surface area contributed by atoms with E-state index in [1.54, 1.807) is 37.1 Å². The zero-order valence-corrected chi connectivity index (χ0v) is 14.3. The lowest BCUT2D eigenvalue weighted by Gasteiger charge is -2.28. The van der Waals surface area contributed by atoms with Crippen molar-refractivity contribution in [1.29, 1.82) is 0 Å². The fourth-order valence-electron chi connectivity index (χ4n) is 2.82. The van der Waals surface area contributed by atoms with Crippen molar-refractivity contribution in [1.82, 2.24) is 14.8 Å². The summed E-state index contributed by atoms with van der Waals surface area (Å²) in [6, 6.07) is 4.79. The zero-order valence-electron chi connectivity index (χ0n) is 14.3. The molecule has 8 nitrogen and oxygen atoms in total. The van der Waals surface area contributed by atoms with Gasteiger partial charge in [-0.2, -0.15) is 5.10 Å². The number of nitrogens with zero attached hydrogens (tertiary/aromatic N) is 4. The van der Waals surface area contributed by atoms with Gasteiger partial charge in [-0.15, -0.1) is 0 Å². The van der Waals surface area contributed by atoms with E-state index in [1.807, 2.05) is 0 Å². The second-order valence-electron chi connectivity index (χ2n) is 5.93. The van der Waals surface area contributed by atoms with Crippen LogP contribution in [0.3, 0.4) is 0 Å². The Morgan fingerprint density at radius 3 is 2.88 bits per heavy atom. The third-order valence-corrected chi connectivity index (χ3v) is 4.27. The number of anilines is 2. The molecule has 1 aromatic heterocycles. The molecule has 25 heavy (non-hydrogen) atoms. The molecule has 0 radical (unpaired) electrons. The Morgan fingerprint density at radius 1 is 1.36 bits per heavy atom. The molecule has 0 aliphatic carbocycles. The van der Waals surface area contributed by atoms with Gasteiger partial charge in [-0.3, -0.25) is 9.59 Å². The Hall–Kier alpha value is -2.90. The van der Waals surface area contributed by atoms with Crippen LogP contribution in [-0.2, 0) is 9.59 Å². The molecule has 1 aliphatic rings. The van der Waals surface area contributed by atoms with Gasteiger partial charge in [-0.25, -0.2) is 9.67 Å². The normalized spacial score (nSPS) is 15.8. The van der Waals surface area contributed by atoms with Crippen molar-refractivity contribution in [3.63, 3.8) is 0 Å². The zero-order chi connectivity index (χ0) is 17.8. The second-order valence-corrected chi connectivity index (χ2v) is 5.93. The highest BCUT2D eigenvalue weighted by atomic mass is 16.5. The van der Waals surface area contributed by atoms with Crippen LogP contribution in [-0.4, -0.2) is 40.2 Å². The van der Waals surface area contributed by atoms with Crippen LogP contribution in [0.2, 0.25) is 0 Å². The lowest BCUT2D eigenvalue weighted by Crippen LogP contribution is -2.35. The Morgan fingerprint density at radius 2 is 2.20 bits per heavy atom. The Bertz CT molecular complexity index is 760. The topological polar surface area (TPSA) is 89.3 Å². The number of ether oxygens (including phenoxy) is 1. The first-order valence-electron chi connectivity index (χ1n) is 8.23. The molecule has 2 aromatic rings. The molecule has 1 unspecified atom stereocenters. The third kappa shape index (κ3) is 3.62. The minimum absolute atomic E-state index is 0.0732. The van der Waals surface area contributed by atoms with Crippen molar-refractivity contribution in [3.8, 4) is 5.75 Å². The van der Waals surface area contributed by atoms with E-state index in [9.17, 15) is 9.59 Å². The van der Waals surface area contributed by atoms with Gasteiger partial charge < -0.3 is 15.0 Å². The van der Waals surface area contributed by atoms with Crippen molar-refractivity contribution >= 4 is 23.2 Å². The van der Waals surface area contributed by atoms with Gasteiger partial charge in [0, 0.05) is 18.7 Å². The number of hydrogen-bond donors (Lipinski definition) is 1.